The van der Waals surface area contributed by atoms with Gasteiger partial charge in [-0.25, -0.2) is 0 Å². The molecule has 27 heavy (non-hydrogen) atoms. The maximum absolute atomic E-state index is 12.4. The van der Waals surface area contributed by atoms with Crippen LogP contribution < -0.4 is 15.4 Å². The van der Waals surface area contributed by atoms with Crippen molar-refractivity contribution in [3.05, 3.63) is 71.3 Å². The van der Waals surface area contributed by atoms with E-state index in [4.69, 9.17) is 4.74 Å². The van der Waals surface area contributed by atoms with Crippen molar-refractivity contribution in [2.75, 3.05) is 14.2 Å². The number of ether oxygens (including phenoxy) is 1. The van der Waals surface area contributed by atoms with Crippen molar-refractivity contribution >= 4 is 17.9 Å². The molecule has 1 fully saturated rings. The third-order valence-corrected chi connectivity index (χ3v) is 4.69. The van der Waals surface area contributed by atoms with Crippen LogP contribution in [0.2, 0.25) is 0 Å². The van der Waals surface area contributed by atoms with Gasteiger partial charge in [0.25, 0.3) is 5.91 Å². The summed E-state index contributed by atoms with van der Waals surface area (Å²) in [6.07, 6.45) is 5.54. The normalized spacial score (nSPS) is 14.6. The highest BCUT2D eigenvalue weighted by molar-refractivity contribution is 5.95. The summed E-state index contributed by atoms with van der Waals surface area (Å²) in [4.78, 5) is 23.9. The van der Waals surface area contributed by atoms with Gasteiger partial charge in [-0.2, -0.15) is 0 Å². The van der Waals surface area contributed by atoms with E-state index in [0.717, 1.165) is 29.7 Å². The second kappa shape index (κ2) is 8.54. The molecule has 1 aliphatic rings. The third kappa shape index (κ3) is 4.97. The van der Waals surface area contributed by atoms with Gasteiger partial charge in [0.05, 0.1) is 13.2 Å². The van der Waals surface area contributed by atoms with E-state index in [1.807, 2.05) is 36.4 Å². The fourth-order valence-electron chi connectivity index (χ4n) is 2.98. The zero-order chi connectivity index (χ0) is 19.2. The molecule has 0 bridgehead atoms. The number of carbonyl (C=O) groups excluding carboxylic acids is 2. The molecule has 1 aliphatic carbocycles. The van der Waals surface area contributed by atoms with Crippen LogP contribution in [0.3, 0.4) is 0 Å². The highest BCUT2D eigenvalue weighted by Crippen LogP contribution is 2.41. The molecule has 5 nitrogen and oxygen atoms in total. The molecule has 2 N–H and O–H groups in total. The maximum Gasteiger partial charge on any atom is 0.251 e. The Kier molecular flexibility index (Phi) is 5.91. The standard InChI is InChI=1S/C22H24N2O3/c1-23-22(26)18-6-3-15(4-7-18)5-14-20(25)24-21(16-8-9-16)17-10-12-19(27-2)13-11-17/h3-7,10-14,16,21H,8-9H2,1-2H3,(H,23,26)(H,24,25)/b14-5+. The molecular weight excluding hydrogens is 340 g/mol. The van der Waals surface area contributed by atoms with E-state index in [0.29, 0.717) is 11.5 Å². The van der Waals surface area contributed by atoms with Crippen molar-refractivity contribution in [1.82, 2.24) is 10.6 Å². The van der Waals surface area contributed by atoms with Gasteiger partial charge in [0, 0.05) is 18.7 Å². The molecule has 2 aromatic rings. The molecule has 140 valence electrons. The van der Waals surface area contributed by atoms with Crippen molar-refractivity contribution < 1.29 is 14.3 Å². The van der Waals surface area contributed by atoms with Gasteiger partial charge in [0.2, 0.25) is 5.91 Å². The Morgan fingerprint density at radius 1 is 1.07 bits per heavy atom. The highest BCUT2D eigenvalue weighted by Gasteiger charge is 2.33. The Labute approximate surface area is 159 Å². The number of hydrogen-bond acceptors (Lipinski definition) is 3. The zero-order valence-corrected chi connectivity index (χ0v) is 15.6. The molecule has 0 aliphatic heterocycles. The van der Waals surface area contributed by atoms with Gasteiger partial charge in [0.1, 0.15) is 5.75 Å². The molecule has 0 saturated heterocycles. The summed E-state index contributed by atoms with van der Waals surface area (Å²) in [7, 11) is 3.24. The SMILES string of the molecule is CNC(=O)c1ccc(/C=C/C(=O)NC(c2ccc(OC)cc2)C2CC2)cc1. The lowest BCUT2D eigenvalue weighted by atomic mass is 10.0. The lowest BCUT2D eigenvalue weighted by Crippen LogP contribution is -2.28. The molecule has 2 aromatic carbocycles. The minimum absolute atomic E-state index is 0.0173. The smallest absolute Gasteiger partial charge is 0.251 e. The van der Waals surface area contributed by atoms with Crippen LogP contribution in [-0.4, -0.2) is 26.0 Å². The van der Waals surface area contributed by atoms with Gasteiger partial charge in [-0.3, -0.25) is 9.59 Å². The van der Waals surface area contributed by atoms with Gasteiger partial charge >= 0.3 is 0 Å². The van der Waals surface area contributed by atoms with Gasteiger partial charge in [-0.1, -0.05) is 24.3 Å². The van der Waals surface area contributed by atoms with E-state index in [9.17, 15) is 9.59 Å². The quantitative estimate of drug-likeness (QED) is 0.741. The van der Waals surface area contributed by atoms with Crippen LogP contribution in [-0.2, 0) is 4.79 Å². The fraction of sp³-hybridized carbons (Fsp3) is 0.273. The molecular formula is C22H24N2O3. The van der Waals surface area contributed by atoms with Crippen LogP contribution in [0.15, 0.2) is 54.6 Å². The molecule has 3 rings (SSSR count). The van der Waals surface area contributed by atoms with E-state index < -0.39 is 0 Å². The monoisotopic (exact) mass is 364 g/mol. The van der Waals surface area contributed by atoms with Gasteiger partial charge in [-0.15, -0.1) is 0 Å². The molecule has 0 aromatic heterocycles. The van der Waals surface area contributed by atoms with E-state index in [2.05, 4.69) is 10.6 Å². The van der Waals surface area contributed by atoms with E-state index >= 15 is 0 Å². The first-order chi connectivity index (χ1) is 13.1. The lowest BCUT2D eigenvalue weighted by molar-refractivity contribution is -0.117. The zero-order valence-electron chi connectivity index (χ0n) is 15.6. The van der Waals surface area contributed by atoms with Crippen LogP contribution in [0.4, 0.5) is 0 Å². The van der Waals surface area contributed by atoms with E-state index in [1.54, 1.807) is 32.4 Å². The second-order valence-corrected chi connectivity index (χ2v) is 6.63. The minimum Gasteiger partial charge on any atom is -0.497 e. The number of benzene rings is 2. The number of methoxy groups -OCH3 is 1. The van der Waals surface area contributed by atoms with Crippen molar-refractivity contribution in [3.8, 4) is 5.75 Å². The van der Waals surface area contributed by atoms with Crippen molar-refractivity contribution in [2.45, 2.75) is 18.9 Å². The summed E-state index contributed by atoms with van der Waals surface area (Å²) in [5.74, 6) is 1.04. The van der Waals surface area contributed by atoms with Crippen LogP contribution in [0.25, 0.3) is 6.08 Å². The number of hydrogen-bond donors (Lipinski definition) is 2. The fourth-order valence-corrected chi connectivity index (χ4v) is 2.98. The topological polar surface area (TPSA) is 67.4 Å². The number of rotatable bonds is 7. The van der Waals surface area contributed by atoms with Crippen LogP contribution in [0.5, 0.6) is 5.75 Å². The third-order valence-electron chi connectivity index (χ3n) is 4.69. The Bertz CT molecular complexity index is 822. The summed E-state index contributed by atoms with van der Waals surface area (Å²) in [6, 6.07) is 15.0. The average Bonchev–Trinajstić information content (AvgIpc) is 3.55. The average molecular weight is 364 g/mol. The number of amides is 2. The molecule has 5 heteroatoms. The summed E-state index contributed by atoms with van der Waals surface area (Å²) >= 11 is 0. The molecule has 1 atom stereocenters. The van der Waals surface area contributed by atoms with E-state index in [1.165, 1.54) is 6.08 Å². The van der Waals surface area contributed by atoms with Crippen LogP contribution >= 0.6 is 0 Å². The molecule has 0 radical (unpaired) electrons. The predicted octanol–water partition coefficient (Wildman–Crippen LogP) is 3.34. The Morgan fingerprint density at radius 2 is 1.74 bits per heavy atom. The van der Waals surface area contributed by atoms with Gasteiger partial charge < -0.3 is 15.4 Å². The molecule has 0 spiro atoms. The Hall–Kier alpha value is -3.08. The molecule has 0 heterocycles. The Balaban J connectivity index is 1.64. The lowest BCUT2D eigenvalue weighted by Gasteiger charge is -2.18. The first kappa shape index (κ1) is 18.7. The molecule has 1 saturated carbocycles. The summed E-state index contributed by atoms with van der Waals surface area (Å²) in [5, 5.41) is 5.69. The predicted molar refractivity (Wildman–Crippen MR) is 105 cm³/mol. The second-order valence-electron chi connectivity index (χ2n) is 6.63. The highest BCUT2D eigenvalue weighted by atomic mass is 16.5. The first-order valence-electron chi connectivity index (χ1n) is 9.05. The van der Waals surface area contributed by atoms with Gasteiger partial charge in [-0.05, 0) is 60.2 Å². The van der Waals surface area contributed by atoms with Crippen LogP contribution in [0, 0.1) is 5.92 Å². The largest absolute Gasteiger partial charge is 0.497 e. The van der Waals surface area contributed by atoms with Crippen LogP contribution in [0.1, 0.15) is 40.4 Å². The van der Waals surface area contributed by atoms with E-state index in [-0.39, 0.29) is 17.9 Å². The van der Waals surface area contributed by atoms with Crippen molar-refractivity contribution in [3.63, 3.8) is 0 Å². The molecule has 2 amide bonds. The molecule has 1 unspecified atom stereocenters. The summed E-state index contributed by atoms with van der Waals surface area (Å²) in [5.41, 5.74) is 2.55. The Morgan fingerprint density at radius 3 is 2.30 bits per heavy atom. The first-order valence-corrected chi connectivity index (χ1v) is 9.05. The number of nitrogens with one attached hydrogen (secondary N) is 2. The van der Waals surface area contributed by atoms with Gasteiger partial charge in [0.15, 0.2) is 0 Å². The van der Waals surface area contributed by atoms with Crippen molar-refractivity contribution in [1.29, 1.82) is 0 Å². The number of carbonyl (C=O) groups is 2. The maximum atomic E-state index is 12.4. The minimum atomic E-state index is -0.130. The summed E-state index contributed by atoms with van der Waals surface area (Å²) in [6.45, 7) is 0. The summed E-state index contributed by atoms with van der Waals surface area (Å²) < 4.78 is 5.20. The van der Waals surface area contributed by atoms with Crippen molar-refractivity contribution in [2.24, 2.45) is 5.92 Å².